The predicted octanol–water partition coefficient (Wildman–Crippen LogP) is 8.67. The molecule has 0 aliphatic heterocycles. The molecule has 57 heavy (non-hydrogen) atoms. The minimum atomic E-state index is -4.94. The number of unbranched alkanes of at least 4 members (excludes halogenated alkanes) is 22. The van der Waals surface area contributed by atoms with E-state index in [1.807, 2.05) is 0 Å². The van der Waals surface area contributed by atoms with Gasteiger partial charge in [0.1, 0.15) is 6.61 Å². The van der Waals surface area contributed by atoms with E-state index in [0.717, 1.165) is 62.8 Å². The molecule has 0 N–H and O–H groups in total. The van der Waals surface area contributed by atoms with Gasteiger partial charge in [-0.1, -0.05) is 141 Å². The Balaban J connectivity index is 0.00000587. The first kappa shape index (κ1) is 54.7. The van der Waals surface area contributed by atoms with Gasteiger partial charge in [-0.05, 0) is 76.7 Å². The summed E-state index contributed by atoms with van der Waals surface area (Å²) in [6, 6.07) is 4.27. The molecule has 0 fully saturated rings. The monoisotopic (exact) mass is 824 g/mol. The van der Waals surface area contributed by atoms with Crippen molar-refractivity contribution in [3.05, 3.63) is 53.4 Å². The number of carbonyl (C=O) groups excluding carboxylic acids is 2. The molecule has 0 saturated heterocycles. The molecule has 0 radical (unpaired) electrons. The molecule has 0 bridgehead atoms. The number of hydrogen-bond acceptors (Lipinski definition) is 8. The van der Waals surface area contributed by atoms with Crippen molar-refractivity contribution in [2.24, 2.45) is 0 Å². The standard InChI is InChI=1S/C47H82NO4.ClHO4/c1-6-8-10-12-14-16-18-20-22-24-26-28-30-32-34-36-46(49)51-41-45(40-48-43(4)38-42(3)39-44(48)5)52-47(50)37-35-33-31-29-27-25-23-21-19-17-15-13-11-9-7-2;2-1(3,4)5/h20-23,38-39,45H,6-19,24-37,40-41H2,1-5H3;(H,2,3,4,5)/q+1;/p-1/b22-20-,23-21-;. The van der Waals surface area contributed by atoms with Crippen LogP contribution in [0.4, 0.5) is 0 Å². The fourth-order valence-electron chi connectivity index (χ4n) is 6.93. The zero-order valence-corrected chi connectivity index (χ0v) is 37.6. The van der Waals surface area contributed by atoms with Gasteiger partial charge in [-0.15, -0.1) is 10.2 Å². The number of halogens is 1. The van der Waals surface area contributed by atoms with Crippen LogP contribution in [0.1, 0.15) is 211 Å². The van der Waals surface area contributed by atoms with Gasteiger partial charge in [-0.2, -0.15) is 4.57 Å². The minimum absolute atomic E-state index is 0.0990. The fraction of sp³-hybridized carbons (Fsp3) is 0.766. The summed E-state index contributed by atoms with van der Waals surface area (Å²) in [7, 11) is -4.94. The van der Waals surface area contributed by atoms with Gasteiger partial charge < -0.3 is 9.47 Å². The van der Waals surface area contributed by atoms with Crippen molar-refractivity contribution >= 4 is 11.9 Å². The van der Waals surface area contributed by atoms with Gasteiger partial charge in [-0.3, -0.25) is 9.59 Å². The van der Waals surface area contributed by atoms with Crippen molar-refractivity contribution < 1.29 is 52.5 Å². The smallest absolute Gasteiger partial charge is 0.306 e. The van der Waals surface area contributed by atoms with Crippen molar-refractivity contribution in [1.29, 1.82) is 0 Å². The Kier molecular flexibility index (Phi) is 36.4. The van der Waals surface area contributed by atoms with Crippen LogP contribution in [0, 0.1) is 31.0 Å². The molecule has 0 spiro atoms. The molecule has 10 heteroatoms. The molecule has 0 aliphatic rings. The van der Waals surface area contributed by atoms with Gasteiger partial charge in [0.15, 0.2) is 24.0 Å². The first-order chi connectivity index (χ1) is 27.4. The van der Waals surface area contributed by atoms with E-state index in [2.05, 4.69) is 75.6 Å². The van der Waals surface area contributed by atoms with Crippen LogP contribution in [0.25, 0.3) is 0 Å². The van der Waals surface area contributed by atoms with Gasteiger partial charge >= 0.3 is 11.9 Å². The highest BCUT2D eigenvalue weighted by Crippen LogP contribution is 2.13. The van der Waals surface area contributed by atoms with E-state index >= 15 is 0 Å². The third-order valence-electron chi connectivity index (χ3n) is 10.1. The molecular weight excluding hydrogens is 742 g/mol. The molecular formula is C47H82ClNO8. The lowest BCUT2D eigenvalue weighted by Crippen LogP contribution is -2.68. The Labute approximate surface area is 350 Å². The van der Waals surface area contributed by atoms with E-state index in [0.29, 0.717) is 19.4 Å². The maximum Gasteiger partial charge on any atom is 0.306 e. The van der Waals surface area contributed by atoms with Gasteiger partial charge in [0.25, 0.3) is 0 Å². The minimum Gasteiger partial charge on any atom is -0.461 e. The lowest BCUT2D eigenvalue weighted by molar-refractivity contribution is -2.00. The molecule has 1 unspecified atom stereocenters. The maximum absolute atomic E-state index is 12.9. The number of pyridine rings is 1. The van der Waals surface area contributed by atoms with Gasteiger partial charge in [-0.25, -0.2) is 18.6 Å². The number of allylic oxidation sites excluding steroid dienone is 4. The Hall–Kier alpha value is -2.30. The van der Waals surface area contributed by atoms with E-state index in [9.17, 15) is 9.59 Å². The number of nitrogens with zero attached hydrogens (tertiary/aromatic N) is 1. The van der Waals surface area contributed by atoms with Crippen molar-refractivity contribution in [2.75, 3.05) is 6.61 Å². The summed E-state index contributed by atoms with van der Waals surface area (Å²) in [5, 5.41) is 0. The predicted molar refractivity (Wildman–Crippen MR) is 221 cm³/mol. The average molecular weight is 825 g/mol. The van der Waals surface area contributed by atoms with Crippen LogP contribution in [-0.4, -0.2) is 24.6 Å². The molecule has 1 atom stereocenters. The van der Waals surface area contributed by atoms with Crippen LogP contribution in [0.5, 0.6) is 0 Å². The molecule has 1 heterocycles. The molecule has 0 aliphatic carbocycles. The normalized spacial score (nSPS) is 12.2. The molecule has 330 valence electrons. The SMILES string of the molecule is CCCCCCCC/C=C\CCCCCCCC(=O)OCC(C[n+]1c(C)cc(C)cc1C)OC(=O)CCCCCCC/C=C\CCCCCCCC.[O-][Cl+3]([O-])([O-])[O-]. The number of ether oxygens (including phenoxy) is 2. The lowest BCUT2D eigenvalue weighted by Gasteiger charge is -2.17. The number of aromatic nitrogens is 1. The van der Waals surface area contributed by atoms with Crippen LogP contribution in [0.15, 0.2) is 36.4 Å². The largest absolute Gasteiger partial charge is 0.461 e. The van der Waals surface area contributed by atoms with Crippen LogP contribution in [0.3, 0.4) is 0 Å². The van der Waals surface area contributed by atoms with Crippen LogP contribution >= 0.6 is 0 Å². The molecule has 9 nitrogen and oxygen atoms in total. The quantitative estimate of drug-likeness (QED) is 0.0286. The first-order valence-corrected chi connectivity index (χ1v) is 23.8. The third-order valence-corrected chi connectivity index (χ3v) is 10.1. The van der Waals surface area contributed by atoms with Crippen molar-refractivity contribution in [3.8, 4) is 0 Å². The molecule has 0 saturated carbocycles. The lowest BCUT2D eigenvalue weighted by atomic mass is 10.1. The summed E-state index contributed by atoms with van der Waals surface area (Å²) in [4.78, 5) is 25.5. The maximum atomic E-state index is 12.9. The molecule has 1 aromatic rings. The number of aryl methyl sites for hydroxylation is 3. The third kappa shape index (κ3) is 39.0. The summed E-state index contributed by atoms with van der Waals surface area (Å²) in [6.07, 6.45) is 41.7. The summed E-state index contributed by atoms with van der Waals surface area (Å²) in [6.45, 7) is 11.4. The molecule has 1 rings (SSSR count). The Morgan fingerprint density at radius 2 is 0.895 bits per heavy atom. The highest BCUT2D eigenvalue weighted by molar-refractivity contribution is 5.70. The fourth-order valence-corrected chi connectivity index (χ4v) is 6.93. The summed E-state index contributed by atoms with van der Waals surface area (Å²) < 4.78 is 47.8. The summed E-state index contributed by atoms with van der Waals surface area (Å²) in [5.74, 6) is -0.391. The Morgan fingerprint density at radius 1 is 0.561 bits per heavy atom. The van der Waals surface area contributed by atoms with Crippen LogP contribution in [-0.2, 0) is 25.6 Å². The topological polar surface area (TPSA) is 149 Å². The number of esters is 2. The number of carbonyl (C=O) groups is 2. The second kappa shape index (κ2) is 37.9. The number of rotatable bonds is 35. The average Bonchev–Trinajstić information content (AvgIpc) is 3.14. The summed E-state index contributed by atoms with van der Waals surface area (Å²) in [5.41, 5.74) is 3.42. The van der Waals surface area contributed by atoms with E-state index in [1.54, 1.807) is 0 Å². The van der Waals surface area contributed by atoms with Gasteiger partial charge in [0.05, 0.1) is 0 Å². The second-order valence-corrected chi connectivity index (χ2v) is 16.5. The zero-order valence-electron chi connectivity index (χ0n) is 36.8. The molecule has 0 amide bonds. The van der Waals surface area contributed by atoms with Gasteiger partial charge in [0.2, 0.25) is 0 Å². The van der Waals surface area contributed by atoms with Crippen LogP contribution in [0.2, 0.25) is 0 Å². The molecule has 1 aromatic heterocycles. The van der Waals surface area contributed by atoms with Crippen molar-refractivity contribution in [1.82, 2.24) is 0 Å². The second-order valence-electron chi connectivity index (χ2n) is 15.8. The van der Waals surface area contributed by atoms with Crippen molar-refractivity contribution in [2.45, 2.75) is 227 Å². The summed E-state index contributed by atoms with van der Waals surface area (Å²) >= 11 is 0. The van der Waals surface area contributed by atoms with E-state index in [-0.39, 0.29) is 18.5 Å². The zero-order chi connectivity index (χ0) is 42.4. The van der Waals surface area contributed by atoms with Crippen LogP contribution < -0.4 is 23.2 Å². The van der Waals surface area contributed by atoms with E-state index < -0.39 is 16.3 Å². The van der Waals surface area contributed by atoms with Crippen molar-refractivity contribution in [3.63, 3.8) is 0 Å². The number of hydrogen-bond donors (Lipinski definition) is 0. The van der Waals surface area contributed by atoms with E-state index in [1.165, 1.54) is 121 Å². The highest BCUT2D eigenvalue weighted by Gasteiger charge is 2.24. The molecule has 0 aromatic carbocycles. The highest BCUT2D eigenvalue weighted by atomic mass is 35.7. The Morgan fingerprint density at radius 3 is 1.28 bits per heavy atom. The Bertz CT molecular complexity index is 1150. The van der Waals surface area contributed by atoms with Gasteiger partial charge in [0, 0.05) is 38.8 Å². The van der Waals surface area contributed by atoms with E-state index in [4.69, 9.17) is 28.1 Å². The first-order valence-electron chi connectivity index (χ1n) is 22.6.